The molecule has 4 rings (SSSR count). The van der Waals surface area contributed by atoms with E-state index in [2.05, 4.69) is 5.32 Å². The Morgan fingerprint density at radius 2 is 1.65 bits per heavy atom. The maximum Gasteiger partial charge on any atom is 0.268 e. The van der Waals surface area contributed by atoms with Crippen LogP contribution in [0.25, 0.3) is 5.69 Å². The third-order valence-electron chi connectivity index (χ3n) is 6.09. The molecule has 1 N–H and O–H groups in total. The molecule has 3 aromatic rings. The number of ether oxygens (including phenoxy) is 2. The molecule has 34 heavy (non-hydrogen) atoms. The molecule has 1 heterocycles. The van der Waals surface area contributed by atoms with E-state index in [0.29, 0.717) is 46.8 Å². The van der Waals surface area contributed by atoms with Gasteiger partial charge in [-0.25, -0.2) is 0 Å². The molecular weight excluding hydrogens is 432 g/mol. The molecular formula is C27H28N2O5. The van der Waals surface area contributed by atoms with Crippen LogP contribution >= 0.6 is 0 Å². The molecule has 1 aromatic heterocycles. The van der Waals surface area contributed by atoms with Crippen molar-refractivity contribution in [2.24, 2.45) is 5.41 Å². The quantitative estimate of drug-likeness (QED) is 0.603. The summed E-state index contributed by atoms with van der Waals surface area (Å²) in [7, 11) is 3.03. The molecule has 0 radical (unpaired) electrons. The highest BCUT2D eigenvalue weighted by Gasteiger charge is 2.36. The van der Waals surface area contributed by atoms with Crippen LogP contribution in [0, 0.1) is 12.3 Å². The number of benzene rings is 2. The van der Waals surface area contributed by atoms with E-state index in [4.69, 9.17) is 9.47 Å². The molecule has 176 valence electrons. The number of aromatic nitrogens is 1. The summed E-state index contributed by atoms with van der Waals surface area (Å²) in [5, 5.41) is 2.81. The van der Waals surface area contributed by atoms with Crippen molar-refractivity contribution in [3.63, 3.8) is 0 Å². The molecule has 0 bridgehead atoms. The van der Waals surface area contributed by atoms with Crippen molar-refractivity contribution < 1.29 is 19.1 Å². The van der Waals surface area contributed by atoms with Crippen molar-refractivity contribution in [2.75, 3.05) is 19.5 Å². The number of pyridine rings is 1. The maximum atomic E-state index is 13.6. The molecule has 2 aromatic carbocycles. The van der Waals surface area contributed by atoms with Crippen molar-refractivity contribution in [2.45, 2.75) is 33.6 Å². The lowest BCUT2D eigenvalue weighted by atomic mass is 9.73. The number of carbonyl (C=O) groups excluding carboxylic acids is 2. The molecule has 7 heteroatoms. The summed E-state index contributed by atoms with van der Waals surface area (Å²) in [5.41, 5.74) is 2.15. The van der Waals surface area contributed by atoms with E-state index in [-0.39, 0.29) is 16.8 Å². The molecule has 7 nitrogen and oxygen atoms in total. The Labute approximate surface area is 198 Å². The fraction of sp³-hybridized carbons (Fsp3) is 0.296. The van der Waals surface area contributed by atoms with Crippen LogP contribution in [-0.2, 0) is 6.42 Å². The van der Waals surface area contributed by atoms with Gasteiger partial charge >= 0.3 is 0 Å². The van der Waals surface area contributed by atoms with Gasteiger partial charge in [0.1, 0.15) is 5.56 Å². The van der Waals surface area contributed by atoms with Gasteiger partial charge < -0.3 is 14.8 Å². The molecule has 0 saturated heterocycles. The van der Waals surface area contributed by atoms with Gasteiger partial charge in [-0.1, -0.05) is 31.5 Å². The summed E-state index contributed by atoms with van der Waals surface area (Å²) in [4.78, 5) is 40.2. The van der Waals surface area contributed by atoms with E-state index < -0.39 is 11.5 Å². The zero-order valence-corrected chi connectivity index (χ0v) is 20.0. The number of ketones is 1. The minimum atomic E-state index is -0.569. The normalized spacial score (nSPS) is 14.3. The molecule has 0 spiro atoms. The Bertz CT molecular complexity index is 1340. The molecule has 0 fully saturated rings. The van der Waals surface area contributed by atoms with E-state index in [1.54, 1.807) is 36.5 Å². The van der Waals surface area contributed by atoms with Crippen molar-refractivity contribution in [1.82, 2.24) is 4.57 Å². The predicted molar refractivity (Wildman–Crippen MR) is 131 cm³/mol. The second-order valence-electron chi connectivity index (χ2n) is 9.37. The lowest BCUT2D eigenvalue weighted by Crippen LogP contribution is -2.37. The lowest BCUT2D eigenvalue weighted by molar-refractivity contribution is 0.0910. The van der Waals surface area contributed by atoms with Gasteiger partial charge in [-0.2, -0.15) is 0 Å². The number of rotatable bonds is 5. The van der Waals surface area contributed by atoms with Crippen LogP contribution in [0.4, 0.5) is 5.69 Å². The zero-order chi connectivity index (χ0) is 24.6. The van der Waals surface area contributed by atoms with Gasteiger partial charge in [-0.3, -0.25) is 19.0 Å². The van der Waals surface area contributed by atoms with E-state index in [0.717, 1.165) is 5.56 Å². The number of Topliss-reactive ketones (excluding diaryl/α,β-unsaturated/α-hetero) is 1. The highest BCUT2D eigenvalue weighted by atomic mass is 16.5. The average Bonchev–Trinajstić information content (AvgIpc) is 2.78. The van der Waals surface area contributed by atoms with Gasteiger partial charge in [-0.05, 0) is 48.6 Å². The van der Waals surface area contributed by atoms with Crippen LogP contribution in [0.1, 0.15) is 52.1 Å². The molecule has 1 aliphatic rings. The molecule has 0 atom stereocenters. The predicted octanol–water partition coefficient (Wildman–Crippen LogP) is 4.57. The minimum absolute atomic E-state index is 0.0195. The van der Waals surface area contributed by atoms with Crippen LogP contribution in [-0.4, -0.2) is 30.5 Å². The number of aryl methyl sites for hydroxylation is 1. The summed E-state index contributed by atoms with van der Waals surface area (Å²) >= 11 is 0. The van der Waals surface area contributed by atoms with Crippen molar-refractivity contribution >= 4 is 17.4 Å². The van der Waals surface area contributed by atoms with Gasteiger partial charge in [0.05, 0.1) is 14.2 Å². The summed E-state index contributed by atoms with van der Waals surface area (Å²) in [6.45, 7) is 5.89. The molecule has 0 aliphatic heterocycles. The zero-order valence-electron chi connectivity index (χ0n) is 20.0. The number of fused-ring (bicyclic) bond motifs is 1. The summed E-state index contributed by atoms with van der Waals surface area (Å²) in [6, 6.07) is 12.3. The van der Waals surface area contributed by atoms with E-state index in [1.165, 1.54) is 18.8 Å². The Morgan fingerprint density at radius 1 is 0.971 bits per heavy atom. The van der Waals surface area contributed by atoms with Gasteiger partial charge in [0.15, 0.2) is 17.3 Å². The van der Waals surface area contributed by atoms with E-state index in [1.807, 2.05) is 32.9 Å². The topological polar surface area (TPSA) is 86.6 Å². The van der Waals surface area contributed by atoms with Gasteiger partial charge in [0, 0.05) is 35.6 Å². The Hall–Kier alpha value is -3.87. The van der Waals surface area contributed by atoms with Gasteiger partial charge in [0.25, 0.3) is 11.5 Å². The highest BCUT2D eigenvalue weighted by molar-refractivity contribution is 6.08. The first-order chi connectivity index (χ1) is 16.1. The Balaban J connectivity index is 1.86. The number of nitrogens with one attached hydrogen (secondary N) is 1. The SMILES string of the molecule is COc1ccc(NC(=O)c2c3c(cn(-c4ccc(C)cc4)c2=O)C(=O)CC(C)(C)C3)cc1OC. The molecule has 1 aliphatic carbocycles. The van der Waals surface area contributed by atoms with Crippen molar-refractivity contribution in [3.05, 3.63) is 81.3 Å². The van der Waals surface area contributed by atoms with Crippen molar-refractivity contribution in [1.29, 1.82) is 0 Å². The Morgan fingerprint density at radius 3 is 2.29 bits per heavy atom. The number of methoxy groups -OCH3 is 2. The lowest BCUT2D eigenvalue weighted by Gasteiger charge is -2.31. The second-order valence-corrected chi connectivity index (χ2v) is 9.37. The number of anilines is 1. The van der Waals surface area contributed by atoms with Crippen LogP contribution in [0.15, 0.2) is 53.5 Å². The number of carbonyl (C=O) groups is 2. The monoisotopic (exact) mass is 460 g/mol. The fourth-order valence-corrected chi connectivity index (χ4v) is 4.38. The van der Waals surface area contributed by atoms with Crippen LogP contribution in [0.5, 0.6) is 11.5 Å². The van der Waals surface area contributed by atoms with Gasteiger partial charge in [0.2, 0.25) is 0 Å². The maximum absolute atomic E-state index is 13.6. The highest BCUT2D eigenvalue weighted by Crippen LogP contribution is 2.36. The minimum Gasteiger partial charge on any atom is -0.493 e. The van der Waals surface area contributed by atoms with Crippen molar-refractivity contribution in [3.8, 4) is 17.2 Å². The third kappa shape index (κ3) is 4.33. The molecule has 0 unspecified atom stereocenters. The number of hydrogen-bond donors (Lipinski definition) is 1. The molecule has 1 amide bonds. The number of amides is 1. The molecule has 0 saturated carbocycles. The van der Waals surface area contributed by atoms with Crippen LogP contribution in [0.3, 0.4) is 0 Å². The first-order valence-electron chi connectivity index (χ1n) is 11.1. The largest absolute Gasteiger partial charge is 0.493 e. The Kier molecular flexibility index (Phi) is 6.04. The van der Waals surface area contributed by atoms with Crippen LogP contribution < -0.4 is 20.3 Å². The smallest absolute Gasteiger partial charge is 0.268 e. The van der Waals surface area contributed by atoms with Gasteiger partial charge in [-0.15, -0.1) is 0 Å². The second kappa shape index (κ2) is 8.82. The first kappa shape index (κ1) is 23.3. The van der Waals surface area contributed by atoms with E-state index in [9.17, 15) is 14.4 Å². The number of hydrogen-bond acceptors (Lipinski definition) is 5. The van der Waals surface area contributed by atoms with Crippen LogP contribution in [0.2, 0.25) is 0 Å². The third-order valence-corrected chi connectivity index (χ3v) is 6.09. The fourth-order valence-electron chi connectivity index (χ4n) is 4.38. The standard InChI is InChI=1S/C27H28N2O5/c1-16-6-9-18(10-7-16)29-15-20-19(13-27(2,3)14-21(20)30)24(26(29)32)25(31)28-17-8-11-22(33-4)23(12-17)34-5/h6-12,15H,13-14H2,1-5H3,(H,28,31). The first-order valence-corrected chi connectivity index (χ1v) is 11.1. The van der Waals surface area contributed by atoms with E-state index >= 15 is 0 Å². The number of nitrogens with zero attached hydrogens (tertiary/aromatic N) is 1. The summed E-state index contributed by atoms with van der Waals surface area (Å²) < 4.78 is 12.0. The summed E-state index contributed by atoms with van der Waals surface area (Å²) in [5.74, 6) is 0.322. The average molecular weight is 461 g/mol. The summed E-state index contributed by atoms with van der Waals surface area (Å²) in [6.07, 6.45) is 2.38.